The number of benzene rings is 2. The molecule has 1 saturated heterocycles. The first kappa shape index (κ1) is 29.0. The van der Waals surface area contributed by atoms with E-state index in [2.05, 4.69) is 35.4 Å². The van der Waals surface area contributed by atoms with Gasteiger partial charge in [-0.25, -0.2) is 18.2 Å². The molecule has 230 valence electrons. The van der Waals surface area contributed by atoms with Gasteiger partial charge in [0.15, 0.2) is 5.65 Å². The van der Waals surface area contributed by atoms with Crippen molar-refractivity contribution in [2.45, 2.75) is 18.9 Å². The van der Waals surface area contributed by atoms with Gasteiger partial charge in [-0.1, -0.05) is 12.1 Å². The minimum atomic E-state index is -2.63. The van der Waals surface area contributed by atoms with Crippen LogP contribution in [0.1, 0.15) is 12.0 Å². The van der Waals surface area contributed by atoms with Crippen LogP contribution in [0, 0.1) is 5.82 Å². The lowest BCUT2D eigenvalue weighted by Crippen LogP contribution is -2.24. The fraction of sp³-hybridized carbons (Fsp3) is 0.265. The number of pyridine rings is 2. The average Bonchev–Trinajstić information content (AvgIpc) is 3.72. The van der Waals surface area contributed by atoms with E-state index in [1.807, 2.05) is 56.6 Å². The number of rotatable bonds is 9. The maximum atomic E-state index is 14.7. The van der Waals surface area contributed by atoms with Crippen LogP contribution in [0.4, 0.5) is 18.9 Å². The number of nitrogens with zero attached hydrogens (tertiary/aromatic N) is 5. The molecule has 1 aliphatic rings. The van der Waals surface area contributed by atoms with Crippen molar-refractivity contribution in [3.05, 3.63) is 84.6 Å². The van der Waals surface area contributed by atoms with Crippen LogP contribution < -0.4 is 5.32 Å². The van der Waals surface area contributed by atoms with Gasteiger partial charge in [0.1, 0.15) is 11.5 Å². The van der Waals surface area contributed by atoms with Crippen molar-refractivity contribution >= 4 is 27.6 Å². The molecule has 45 heavy (non-hydrogen) atoms. The highest BCUT2D eigenvalue weighted by Gasteiger charge is 2.37. The van der Waals surface area contributed by atoms with Gasteiger partial charge in [-0.3, -0.25) is 15.0 Å². The zero-order chi connectivity index (χ0) is 31.1. The van der Waals surface area contributed by atoms with E-state index in [1.165, 1.54) is 6.07 Å². The third-order valence-electron chi connectivity index (χ3n) is 8.22. The van der Waals surface area contributed by atoms with Gasteiger partial charge in [-0.2, -0.15) is 5.10 Å². The highest BCUT2D eigenvalue weighted by Crippen LogP contribution is 2.36. The lowest BCUT2D eigenvalue weighted by molar-refractivity contribution is 0.0115. The summed E-state index contributed by atoms with van der Waals surface area (Å²) in [7, 11) is 4.00. The smallest absolute Gasteiger partial charge is 0.261 e. The Balaban J connectivity index is 1.20. The standard InChI is InChI=1S/C34H33F3N8/c1-44(2)9-7-39-26-12-22(11-25(35)14-26)27-4-3-5-30-28(27)15-31(41-30)32-29-13-24(18-40-33(29)43-42-32)23-10-21(16-38-17-23)19-45-8-6-34(36,37)20-45/h3-5,10-18,39,41H,6-9,19-20H2,1-2H3,(H,40,42,43). The summed E-state index contributed by atoms with van der Waals surface area (Å²) in [6.45, 7) is 2.08. The van der Waals surface area contributed by atoms with Crippen molar-refractivity contribution in [3.8, 4) is 33.6 Å². The van der Waals surface area contributed by atoms with E-state index in [-0.39, 0.29) is 18.8 Å². The number of H-pyrrole nitrogens is 2. The summed E-state index contributed by atoms with van der Waals surface area (Å²) in [6, 6.07) is 17.0. The lowest BCUT2D eigenvalue weighted by Gasteiger charge is -2.15. The van der Waals surface area contributed by atoms with E-state index >= 15 is 0 Å². The van der Waals surface area contributed by atoms with E-state index in [9.17, 15) is 13.2 Å². The number of fused-ring (bicyclic) bond motifs is 2. The Morgan fingerprint density at radius 1 is 0.978 bits per heavy atom. The van der Waals surface area contributed by atoms with E-state index in [4.69, 9.17) is 0 Å². The van der Waals surface area contributed by atoms with Gasteiger partial charge < -0.3 is 15.2 Å². The summed E-state index contributed by atoms with van der Waals surface area (Å²) in [4.78, 5) is 16.3. The first-order valence-corrected chi connectivity index (χ1v) is 14.9. The topological polar surface area (TPSA) is 88.8 Å². The van der Waals surface area contributed by atoms with E-state index in [0.29, 0.717) is 31.0 Å². The zero-order valence-electron chi connectivity index (χ0n) is 25.0. The Hall–Kier alpha value is -4.74. The van der Waals surface area contributed by atoms with Crippen molar-refractivity contribution < 1.29 is 13.2 Å². The fourth-order valence-corrected chi connectivity index (χ4v) is 6.00. The molecule has 11 heteroatoms. The number of likely N-dealkylation sites (N-methyl/N-ethyl adjacent to an activating group) is 1. The van der Waals surface area contributed by atoms with Crippen LogP contribution in [0.5, 0.6) is 0 Å². The molecule has 6 aromatic rings. The fourth-order valence-electron chi connectivity index (χ4n) is 6.00. The highest BCUT2D eigenvalue weighted by atomic mass is 19.3. The van der Waals surface area contributed by atoms with Crippen LogP contribution in [-0.2, 0) is 6.54 Å². The first-order chi connectivity index (χ1) is 21.7. The highest BCUT2D eigenvalue weighted by molar-refractivity contribution is 6.01. The van der Waals surface area contributed by atoms with Gasteiger partial charge in [0, 0.05) is 84.3 Å². The molecule has 0 atom stereocenters. The number of anilines is 1. The maximum absolute atomic E-state index is 14.7. The number of alkyl halides is 2. The molecule has 0 amide bonds. The Bertz CT molecular complexity index is 2000. The second kappa shape index (κ2) is 11.6. The van der Waals surface area contributed by atoms with Gasteiger partial charge in [0.2, 0.25) is 0 Å². The lowest BCUT2D eigenvalue weighted by atomic mass is 10.0. The summed E-state index contributed by atoms with van der Waals surface area (Å²) >= 11 is 0. The quantitative estimate of drug-likeness (QED) is 0.167. The molecular formula is C34H33F3N8. The van der Waals surface area contributed by atoms with Gasteiger partial charge in [-0.15, -0.1) is 0 Å². The average molecular weight is 611 g/mol. The maximum Gasteiger partial charge on any atom is 0.261 e. The van der Waals surface area contributed by atoms with Crippen LogP contribution >= 0.6 is 0 Å². The van der Waals surface area contributed by atoms with Gasteiger partial charge in [0.25, 0.3) is 5.92 Å². The number of likely N-dealkylation sites (tertiary alicyclic amines) is 1. The van der Waals surface area contributed by atoms with Gasteiger partial charge >= 0.3 is 0 Å². The van der Waals surface area contributed by atoms with E-state index in [1.54, 1.807) is 29.6 Å². The second-order valence-electron chi connectivity index (χ2n) is 12.0. The third kappa shape index (κ3) is 6.13. The molecule has 5 heterocycles. The number of hydrogen-bond donors (Lipinski definition) is 3. The number of hydrogen-bond acceptors (Lipinski definition) is 6. The molecule has 0 saturated carbocycles. The number of aromatic nitrogens is 5. The van der Waals surface area contributed by atoms with Gasteiger partial charge in [-0.05, 0) is 73.3 Å². The molecule has 2 aromatic carbocycles. The van der Waals surface area contributed by atoms with Crippen LogP contribution in [0.2, 0.25) is 0 Å². The molecule has 7 rings (SSSR count). The summed E-state index contributed by atoms with van der Waals surface area (Å²) in [5, 5.41) is 12.7. The Labute approximate surface area is 258 Å². The Morgan fingerprint density at radius 2 is 1.84 bits per heavy atom. The predicted octanol–water partition coefficient (Wildman–Crippen LogP) is 6.79. The Kier molecular flexibility index (Phi) is 7.50. The van der Waals surface area contributed by atoms with Crippen LogP contribution in [0.15, 0.2) is 73.2 Å². The van der Waals surface area contributed by atoms with E-state index in [0.717, 1.165) is 62.0 Å². The third-order valence-corrected chi connectivity index (χ3v) is 8.22. The molecule has 0 unspecified atom stereocenters. The molecule has 0 spiro atoms. The van der Waals surface area contributed by atoms with Gasteiger partial charge in [0.05, 0.1) is 12.2 Å². The molecular weight excluding hydrogens is 577 g/mol. The minimum absolute atomic E-state index is 0.114. The van der Waals surface area contributed by atoms with Crippen molar-refractivity contribution in [2.75, 3.05) is 45.6 Å². The van der Waals surface area contributed by atoms with Crippen LogP contribution in [0.3, 0.4) is 0 Å². The molecule has 0 radical (unpaired) electrons. The van der Waals surface area contributed by atoms with Crippen molar-refractivity contribution in [1.82, 2.24) is 34.9 Å². The summed E-state index contributed by atoms with van der Waals surface area (Å²) in [5.74, 6) is -2.94. The molecule has 0 bridgehead atoms. The SMILES string of the molecule is CN(C)CCNc1cc(F)cc(-c2cccc3[nH]c(-c4n[nH]c5ncc(-c6cncc(CN7CCC(F)(F)C7)c6)cc45)cc23)c1. The Morgan fingerprint density at radius 3 is 2.67 bits per heavy atom. The largest absolute Gasteiger partial charge is 0.384 e. The molecule has 1 aliphatic heterocycles. The second-order valence-corrected chi connectivity index (χ2v) is 12.0. The number of halogens is 3. The minimum Gasteiger partial charge on any atom is -0.384 e. The predicted molar refractivity (Wildman–Crippen MR) is 172 cm³/mol. The molecule has 0 aliphatic carbocycles. The molecule has 8 nitrogen and oxygen atoms in total. The van der Waals surface area contributed by atoms with Crippen molar-refractivity contribution in [1.29, 1.82) is 0 Å². The number of aromatic amines is 2. The molecule has 4 aromatic heterocycles. The summed E-state index contributed by atoms with van der Waals surface area (Å²) in [5.41, 5.74) is 8.01. The first-order valence-electron chi connectivity index (χ1n) is 14.9. The van der Waals surface area contributed by atoms with E-state index < -0.39 is 5.92 Å². The zero-order valence-corrected chi connectivity index (χ0v) is 25.0. The van der Waals surface area contributed by atoms with Crippen molar-refractivity contribution in [2.24, 2.45) is 0 Å². The normalized spacial score (nSPS) is 15.1. The van der Waals surface area contributed by atoms with Crippen LogP contribution in [0.25, 0.3) is 55.6 Å². The summed E-state index contributed by atoms with van der Waals surface area (Å²) < 4.78 is 42.1. The molecule has 1 fully saturated rings. The summed E-state index contributed by atoms with van der Waals surface area (Å²) in [6.07, 6.45) is 5.12. The van der Waals surface area contributed by atoms with Crippen LogP contribution in [-0.4, -0.2) is 81.1 Å². The monoisotopic (exact) mass is 610 g/mol. The van der Waals surface area contributed by atoms with Crippen molar-refractivity contribution in [3.63, 3.8) is 0 Å². The molecule has 3 N–H and O–H groups in total. The number of nitrogens with one attached hydrogen (secondary N) is 3.